The number of halogens is 2. The summed E-state index contributed by atoms with van der Waals surface area (Å²) >= 11 is 5.90. The van der Waals surface area contributed by atoms with Gasteiger partial charge in [-0.3, -0.25) is 10.1 Å². The predicted octanol–water partition coefficient (Wildman–Crippen LogP) is 2.91. The van der Waals surface area contributed by atoms with Crippen LogP contribution in [0.1, 0.15) is 26.3 Å². The van der Waals surface area contributed by atoms with Crippen LogP contribution in [0.3, 0.4) is 0 Å². The van der Waals surface area contributed by atoms with Crippen molar-refractivity contribution in [2.75, 3.05) is 6.61 Å². The van der Waals surface area contributed by atoms with Gasteiger partial charge in [-0.25, -0.2) is 4.39 Å². The number of benzene rings is 1. The van der Waals surface area contributed by atoms with Gasteiger partial charge in [-0.2, -0.15) is 0 Å². The second-order valence-corrected chi connectivity index (χ2v) is 4.81. The average molecular weight is 274 g/mol. The molecule has 0 unspecified atom stereocenters. The predicted molar refractivity (Wildman–Crippen MR) is 69.0 cm³/mol. The number of carbonyl (C=O) groups excluding carboxylic acids is 1. The number of hydrogen-bond donors (Lipinski definition) is 1. The third-order valence-electron chi connectivity index (χ3n) is 2.55. The first-order chi connectivity index (χ1) is 8.38. The fourth-order valence-electron chi connectivity index (χ4n) is 1.39. The Morgan fingerprint density at radius 3 is 2.72 bits per heavy atom. The molecule has 0 heterocycles. The molecule has 5 heteroatoms. The molecule has 0 fully saturated rings. The molecule has 0 atom stereocenters. The zero-order valence-electron chi connectivity index (χ0n) is 10.7. The molecular weight excluding hydrogens is 257 g/mol. The highest BCUT2D eigenvalue weighted by atomic mass is 35.5. The zero-order valence-corrected chi connectivity index (χ0v) is 11.5. The molecule has 1 aromatic carbocycles. The summed E-state index contributed by atoms with van der Waals surface area (Å²) in [6, 6.07) is 4.48. The largest absolute Gasteiger partial charge is 0.465 e. The van der Waals surface area contributed by atoms with Gasteiger partial charge in [0.25, 0.3) is 0 Å². The highest BCUT2D eigenvalue weighted by molar-refractivity contribution is 6.31. The number of hydrogen-bond acceptors (Lipinski definition) is 3. The van der Waals surface area contributed by atoms with Gasteiger partial charge >= 0.3 is 5.97 Å². The minimum Gasteiger partial charge on any atom is -0.465 e. The minimum atomic E-state index is -0.887. The molecule has 3 nitrogen and oxygen atoms in total. The van der Waals surface area contributed by atoms with Gasteiger partial charge in [0.15, 0.2) is 0 Å². The number of rotatable bonds is 5. The summed E-state index contributed by atoms with van der Waals surface area (Å²) in [5.74, 6) is -0.771. The lowest BCUT2D eigenvalue weighted by molar-refractivity contribution is -0.149. The molecule has 0 aliphatic heterocycles. The molecule has 0 radical (unpaired) electrons. The molecule has 100 valence electrons. The average Bonchev–Trinajstić information content (AvgIpc) is 2.28. The maximum Gasteiger partial charge on any atom is 0.325 e. The van der Waals surface area contributed by atoms with Crippen LogP contribution in [0.2, 0.25) is 5.02 Å². The lowest BCUT2D eigenvalue weighted by Crippen LogP contribution is -2.47. The Kier molecular flexibility index (Phi) is 5.11. The molecule has 0 spiro atoms. The number of ether oxygens (including phenoxy) is 1. The molecule has 1 rings (SSSR count). The van der Waals surface area contributed by atoms with Crippen molar-refractivity contribution in [3.8, 4) is 0 Å². The monoisotopic (exact) mass is 273 g/mol. The van der Waals surface area contributed by atoms with Gasteiger partial charge in [0.1, 0.15) is 11.4 Å². The van der Waals surface area contributed by atoms with Crippen LogP contribution in [-0.4, -0.2) is 18.1 Å². The van der Waals surface area contributed by atoms with E-state index in [4.69, 9.17) is 16.3 Å². The lowest BCUT2D eigenvalue weighted by atomic mass is 10.1. The van der Waals surface area contributed by atoms with Crippen LogP contribution in [0.25, 0.3) is 0 Å². The van der Waals surface area contributed by atoms with E-state index in [1.165, 1.54) is 12.1 Å². The van der Waals surface area contributed by atoms with Crippen LogP contribution >= 0.6 is 11.6 Å². The van der Waals surface area contributed by atoms with Crippen molar-refractivity contribution >= 4 is 17.6 Å². The third kappa shape index (κ3) is 3.68. The van der Waals surface area contributed by atoms with E-state index in [0.717, 1.165) is 0 Å². The highest BCUT2D eigenvalue weighted by Crippen LogP contribution is 2.19. The number of esters is 1. The quantitative estimate of drug-likeness (QED) is 0.839. The first kappa shape index (κ1) is 14.9. The Balaban J connectivity index is 2.73. The molecule has 1 aromatic rings. The van der Waals surface area contributed by atoms with Crippen molar-refractivity contribution < 1.29 is 13.9 Å². The van der Waals surface area contributed by atoms with E-state index < -0.39 is 11.4 Å². The molecule has 0 amide bonds. The fourth-order valence-corrected chi connectivity index (χ4v) is 1.62. The second-order valence-electron chi connectivity index (χ2n) is 4.40. The van der Waals surface area contributed by atoms with Crippen molar-refractivity contribution in [3.63, 3.8) is 0 Å². The zero-order chi connectivity index (χ0) is 13.8. The Morgan fingerprint density at radius 2 is 2.17 bits per heavy atom. The molecule has 18 heavy (non-hydrogen) atoms. The molecule has 0 aliphatic rings. The molecule has 0 saturated carbocycles. The summed E-state index contributed by atoms with van der Waals surface area (Å²) in [7, 11) is 0. The van der Waals surface area contributed by atoms with E-state index >= 15 is 0 Å². The minimum absolute atomic E-state index is 0.164. The Morgan fingerprint density at radius 1 is 1.50 bits per heavy atom. The van der Waals surface area contributed by atoms with Gasteiger partial charge in [0.05, 0.1) is 6.61 Å². The van der Waals surface area contributed by atoms with Gasteiger partial charge in [0.2, 0.25) is 0 Å². The van der Waals surface area contributed by atoms with E-state index in [-0.39, 0.29) is 12.5 Å². The lowest BCUT2D eigenvalue weighted by Gasteiger charge is -2.24. The van der Waals surface area contributed by atoms with Crippen LogP contribution < -0.4 is 5.32 Å². The summed E-state index contributed by atoms with van der Waals surface area (Å²) in [6.45, 7) is 5.57. The highest BCUT2D eigenvalue weighted by Gasteiger charge is 2.28. The van der Waals surface area contributed by atoms with Crippen LogP contribution in [0, 0.1) is 5.82 Å². The normalized spacial score (nSPS) is 11.4. The van der Waals surface area contributed by atoms with Crippen molar-refractivity contribution in [1.82, 2.24) is 5.32 Å². The van der Waals surface area contributed by atoms with Crippen molar-refractivity contribution in [2.24, 2.45) is 0 Å². The van der Waals surface area contributed by atoms with E-state index in [1.54, 1.807) is 26.8 Å². The maximum absolute atomic E-state index is 13.5. The Bertz CT molecular complexity index is 415. The van der Waals surface area contributed by atoms with E-state index in [2.05, 4.69) is 5.32 Å². The van der Waals surface area contributed by atoms with Gasteiger partial charge in [-0.15, -0.1) is 0 Å². The topological polar surface area (TPSA) is 38.3 Å². The van der Waals surface area contributed by atoms with Crippen molar-refractivity contribution in [3.05, 3.63) is 34.6 Å². The van der Waals surface area contributed by atoms with E-state index in [1.807, 2.05) is 0 Å². The van der Waals surface area contributed by atoms with Crippen LogP contribution in [-0.2, 0) is 16.1 Å². The summed E-state index contributed by atoms with van der Waals surface area (Å²) in [6.07, 6.45) is 0. The van der Waals surface area contributed by atoms with Crippen LogP contribution in [0.4, 0.5) is 4.39 Å². The summed E-state index contributed by atoms with van der Waals surface area (Å²) in [5.41, 5.74) is -0.543. The van der Waals surface area contributed by atoms with E-state index in [9.17, 15) is 9.18 Å². The van der Waals surface area contributed by atoms with Crippen LogP contribution in [0.15, 0.2) is 18.2 Å². The van der Waals surface area contributed by atoms with Gasteiger partial charge in [-0.05, 0) is 32.9 Å². The molecule has 0 saturated heterocycles. The molecule has 0 bridgehead atoms. The van der Waals surface area contributed by atoms with Gasteiger partial charge in [0, 0.05) is 17.1 Å². The molecule has 0 aromatic heterocycles. The number of carbonyl (C=O) groups is 1. The van der Waals surface area contributed by atoms with Gasteiger partial charge < -0.3 is 4.74 Å². The molecule has 1 N–H and O–H groups in total. The van der Waals surface area contributed by atoms with Crippen molar-refractivity contribution in [2.45, 2.75) is 32.9 Å². The van der Waals surface area contributed by atoms with Crippen LogP contribution in [0.5, 0.6) is 0 Å². The fraction of sp³-hybridized carbons (Fsp3) is 0.462. The van der Waals surface area contributed by atoms with E-state index in [0.29, 0.717) is 17.2 Å². The summed E-state index contributed by atoms with van der Waals surface area (Å²) in [5, 5.41) is 3.28. The maximum atomic E-state index is 13.5. The smallest absolute Gasteiger partial charge is 0.325 e. The standard InChI is InChI=1S/C13H17ClFNO2/c1-4-18-12(17)13(2,3)16-8-9-10(14)6-5-7-11(9)15/h5-7,16H,4,8H2,1-3H3. The molecular formula is C13H17ClFNO2. The Hall–Kier alpha value is -1.13. The second kappa shape index (κ2) is 6.16. The first-order valence-electron chi connectivity index (χ1n) is 5.73. The Labute approximate surface area is 111 Å². The third-order valence-corrected chi connectivity index (χ3v) is 2.91. The molecule has 0 aliphatic carbocycles. The van der Waals surface area contributed by atoms with Gasteiger partial charge in [-0.1, -0.05) is 17.7 Å². The first-order valence-corrected chi connectivity index (χ1v) is 6.11. The summed E-state index contributed by atoms with van der Waals surface area (Å²) in [4.78, 5) is 11.6. The SMILES string of the molecule is CCOC(=O)C(C)(C)NCc1c(F)cccc1Cl. The summed E-state index contributed by atoms with van der Waals surface area (Å²) < 4.78 is 18.5. The number of nitrogens with one attached hydrogen (secondary N) is 1. The van der Waals surface area contributed by atoms with Crippen molar-refractivity contribution in [1.29, 1.82) is 0 Å².